The number of hydrogen-bond acceptors (Lipinski definition) is 4. The van der Waals surface area contributed by atoms with Gasteiger partial charge < -0.3 is 4.98 Å². The second-order valence-corrected chi connectivity index (χ2v) is 5.76. The molecule has 0 spiro atoms. The minimum atomic E-state index is 0.457. The van der Waals surface area contributed by atoms with Gasteiger partial charge in [-0.3, -0.25) is 0 Å². The lowest BCUT2D eigenvalue weighted by Gasteiger charge is -1.96. The summed E-state index contributed by atoms with van der Waals surface area (Å²) in [5.74, 6) is 0.844. The van der Waals surface area contributed by atoms with E-state index in [4.69, 9.17) is 11.6 Å². The summed E-state index contributed by atoms with van der Waals surface area (Å²) >= 11 is 5.80. The lowest BCUT2D eigenvalue weighted by atomic mass is 10.2. The van der Waals surface area contributed by atoms with E-state index in [1.165, 1.54) is 5.56 Å². The largest absolute Gasteiger partial charge is 0.340 e. The van der Waals surface area contributed by atoms with E-state index in [-0.39, 0.29) is 0 Å². The maximum Gasteiger partial charge on any atom is 0.129 e. The maximum absolute atomic E-state index is 5.80. The fourth-order valence-corrected chi connectivity index (χ4v) is 2.55. The molecular weight excluding hydrogens is 312 g/mol. The number of aromatic amines is 1. The summed E-state index contributed by atoms with van der Waals surface area (Å²) in [6.45, 7) is 2.59. The third-order valence-electron chi connectivity index (χ3n) is 3.56. The molecule has 0 bridgehead atoms. The third kappa shape index (κ3) is 2.80. The van der Waals surface area contributed by atoms with E-state index in [2.05, 4.69) is 38.3 Å². The van der Waals surface area contributed by atoms with Gasteiger partial charge in [0.1, 0.15) is 23.2 Å². The first kappa shape index (κ1) is 13.9. The van der Waals surface area contributed by atoms with Crippen LogP contribution in [0.25, 0.3) is 22.3 Å². The summed E-state index contributed by atoms with van der Waals surface area (Å²) in [5, 5.41) is 8.77. The van der Waals surface area contributed by atoms with Crippen LogP contribution in [0.15, 0.2) is 42.7 Å². The molecule has 23 heavy (non-hydrogen) atoms. The standard InChI is InChI=1S/C16H13ClN6/c1-10-2-4-12-13(6-10)20-16(19-12)9-23-8-14(21-22-23)11-3-5-15(17)18-7-11/h2-8H,9H2,1H3,(H,19,20). The molecule has 0 saturated heterocycles. The number of fused-ring (bicyclic) bond motifs is 1. The molecule has 114 valence electrons. The van der Waals surface area contributed by atoms with Crippen LogP contribution in [0, 0.1) is 6.92 Å². The zero-order valence-corrected chi connectivity index (χ0v) is 13.1. The molecule has 0 aliphatic carbocycles. The molecule has 0 fully saturated rings. The van der Waals surface area contributed by atoms with Crippen molar-refractivity contribution in [1.29, 1.82) is 0 Å². The highest BCUT2D eigenvalue weighted by Crippen LogP contribution is 2.17. The Morgan fingerprint density at radius 2 is 2.13 bits per heavy atom. The Labute approximate surface area is 137 Å². The lowest BCUT2D eigenvalue weighted by molar-refractivity contribution is 0.631. The number of hydrogen-bond donors (Lipinski definition) is 1. The molecule has 3 heterocycles. The van der Waals surface area contributed by atoms with Gasteiger partial charge in [0, 0.05) is 11.8 Å². The summed E-state index contributed by atoms with van der Waals surface area (Å²) in [4.78, 5) is 11.9. The first-order valence-corrected chi connectivity index (χ1v) is 7.52. The number of aryl methyl sites for hydroxylation is 1. The van der Waals surface area contributed by atoms with Crippen molar-refractivity contribution in [2.45, 2.75) is 13.5 Å². The number of aromatic nitrogens is 6. The SMILES string of the molecule is Cc1ccc2nc(Cn3cc(-c4ccc(Cl)nc4)nn3)[nH]c2c1. The third-order valence-corrected chi connectivity index (χ3v) is 3.78. The minimum absolute atomic E-state index is 0.457. The lowest BCUT2D eigenvalue weighted by Crippen LogP contribution is -2.01. The average Bonchev–Trinajstić information content (AvgIpc) is 3.14. The summed E-state index contributed by atoms with van der Waals surface area (Å²) in [6, 6.07) is 9.74. The Balaban J connectivity index is 1.60. The summed E-state index contributed by atoms with van der Waals surface area (Å²) in [5.41, 5.74) is 4.81. The van der Waals surface area contributed by atoms with Crippen LogP contribution in [0.5, 0.6) is 0 Å². The van der Waals surface area contributed by atoms with Crippen LogP contribution in [0.2, 0.25) is 5.15 Å². The fraction of sp³-hybridized carbons (Fsp3) is 0.125. The number of halogens is 1. The van der Waals surface area contributed by atoms with Crippen molar-refractivity contribution >= 4 is 22.6 Å². The van der Waals surface area contributed by atoms with E-state index in [1.54, 1.807) is 16.9 Å². The minimum Gasteiger partial charge on any atom is -0.340 e. The Morgan fingerprint density at radius 3 is 2.96 bits per heavy atom. The average molecular weight is 325 g/mol. The van der Waals surface area contributed by atoms with E-state index in [9.17, 15) is 0 Å². The number of H-pyrrole nitrogens is 1. The summed E-state index contributed by atoms with van der Waals surface area (Å²) in [6.07, 6.45) is 3.55. The Morgan fingerprint density at radius 1 is 1.22 bits per heavy atom. The molecule has 6 nitrogen and oxygen atoms in total. The highest BCUT2D eigenvalue weighted by molar-refractivity contribution is 6.29. The van der Waals surface area contributed by atoms with Crippen LogP contribution in [-0.2, 0) is 6.54 Å². The molecule has 7 heteroatoms. The summed E-state index contributed by atoms with van der Waals surface area (Å²) < 4.78 is 1.74. The van der Waals surface area contributed by atoms with Crippen molar-refractivity contribution in [3.05, 3.63) is 59.3 Å². The predicted octanol–water partition coefficient (Wildman–Crippen LogP) is 3.23. The van der Waals surface area contributed by atoms with Gasteiger partial charge in [0.2, 0.25) is 0 Å². The molecular formula is C16H13ClN6. The van der Waals surface area contributed by atoms with Crippen molar-refractivity contribution < 1.29 is 0 Å². The molecule has 4 rings (SSSR count). The van der Waals surface area contributed by atoms with Crippen molar-refractivity contribution in [2.75, 3.05) is 0 Å². The Hall–Kier alpha value is -2.73. The zero-order chi connectivity index (χ0) is 15.8. The Kier molecular flexibility index (Phi) is 3.31. The van der Waals surface area contributed by atoms with Crippen molar-refractivity contribution in [1.82, 2.24) is 29.9 Å². The van der Waals surface area contributed by atoms with E-state index in [1.807, 2.05) is 24.4 Å². The number of rotatable bonds is 3. The van der Waals surface area contributed by atoms with Crippen molar-refractivity contribution in [3.63, 3.8) is 0 Å². The molecule has 1 N–H and O–H groups in total. The molecule has 0 amide bonds. The topological polar surface area (TPSA) is 72.3 Å². The van der Waals surface area contributed by atoms with Crippen LogP contribution in [0.4, 0.5) is 0 Å². The summed E-state index contributed by atoms with van der Waals surface area (Å²) in [7, 11) is 0. The van der Waals surface area contributed by atoms with Gasteiger partial charge in [0.05, 0.1) is 17.2 Å². The molecule has 0 saturated carbocycles. The van der Waals surface area contributed by atoms with E-state index >= 15 is 0 Å². The second kappa shape index (κ2) is 5.48. The molecule has 0 aliphatic rings. The smallest absolute Gasteiger partial charge is 0.129 e. The second-order valence-electron chi connectivity index (χ2n) is 5.38. The maximum atomic E-state index is 5.80. The molecule has 3 aromatic heterocycles. The van der Waals surface area contributed by atoms with Crippen LogP contribution < -0.4 is 0 Å². The van der Waals surface area contributed by atoms with Crippen LogP contribution in [-0.4, -0.2) is 29.9 Å². The predicted molar refractivity (Wildman–Crippen MR) is 88.2 cm³/mol. The quantitative estimate of drug-likeness (QED) is 0.587. The molecule has 4 aromatic rings. The van der Waals surface area contributed by atoms with Gasteiger partial charge >= 0.3 is 0 Å². The van der Waals surface area contributed by atoms with Gasteiger partial charge in [-0.15, -0.1) is 5.10 Å². The molecule has 0 radical (unpaired) electrons. The van der Waals surface area contributed by atoms with Gasteiger partial charge in [0.25, 0.3) is 0 Å². The first-order chi connectivity index (χ1) is 11.2. The van der Waals surface area contributed by atoms with Crippen molar-refractivity contribution in [3.8, 4) is 11.3 Å². The van der Waals surface area contributed by atoms with Gasteiger partial charge in [0.15, 0.2) is 0 Å². The van der Waals surface area contributed by atoms with Gasteiger partial charge in [-0.25, -0.2) is 14.6 Å². The highest BCUT2D eigenvalue weighted by atomic mass is 35.5. The van der Waals surface area contributed by atoms with Crippen LogP contribution >= 0.6 is 11.6 Å². The molecule has 0 aliphatic heterocycles. The first-order valence-electron chi connectivity index (χ1n) is 7.15. The monoisotopic (exact) mass is 324 g/mol. The van der Waals surface area contributed by atoms with Crippen LogP contribution in [0.1, 0.15) is 11.4 Å². The van der Waals surface area contributed by atoms with Gasteiger partial charge in [-0.2, -0.15) is 0 Å². The number of imidazole rings is 1. The number of nitrogens with one attached hydrogen (secondary N) is 1. The normalized spacial score (nSPS) is 11.2. The zero-order valence-electron chi connectivity index (χ0n) is 12.4. The molecule has 0 unspecified atom stereocenters. The highest BCUT2D eigenvalue weighted by Gasteiger charge is 2.08. The Bertz CT molecular complexity index is 970. The fourth-order valence-electron chi connectivity index (χ4n) is 2.44. The van der Waals surface area contributed by atoms with E-state index in [0.717, 1.165) is 28.1 Å². The number of benzene rings is 1. The van der Waals surface area contributed by atoms with E-state index in [0.29, 0.717) is 11.7 Å². The van der Waals surface area contributed by atoms with E-state index < -0.39 is 0 Å². The number of pyridine rings is 1. The van der Waals surface area contributed by atoms with Gasteiger partial charge in [-0.05, 0) is 36.8 Å². The van der Waals surface area contributed by atoms with Gasteiger partial charge in [-0.1, -0.05) is 22.9 Å². The number of nitrogens with zero attached hydrogens (tertiary/aromatic N) is 5. The van der Waals surface area contributed by atoms with Crippen molar-refractivity contribution in [2.24, 2.45) is 0 Å². The molecule has 1 aromatic carbocycles. The van der Waals surface area contributed by atoms with Crippen LogP contribution in [0.3, 0.4) is 0 Å². The molecule has 0 atom stereocenters.